The van der Waals surface area contributed by atoms with Gasteiger partial charge in [-0.2, -0.15) is 0 Å². The minimum atomic E-state index is 0.329. The van der Waals surface area contributed by atoms with Crippen molar-refractivity contribution >= 4 is 5.69 Å². The predicted molar refractivity (Wildman–Crippen MR) is 113 cm³/mol. The van der Waals surface area contributed by atoms with Crippen LogP contribution in [0.5, 0.6) is 11.5 Å². The molecule has 0 radical (unpaired) electrons. The average molecular weight is 378 g/mol. The van der Waals surface area contributed by atoms with Crippen LogP contribution in [0, 0.1) is 17.3 Å². The van der Waals surface area contributed by atoms with Crippen molar-refractivity contribution in [1.82, 2.24) is 0 Å². The van der Waals surface area contributed by atoms with Crippen molar-refractivity contribution in [1.29, 1.82) is 0 Å². The van der Waals surface area contributed by atoms with Crippen molar-refractivity contribution in [3.05, 3.63) is 53.6 Å². The van der Waals surface area contributed by atoms with E-state index in [2.05, 4.69) is 31.0 Å². The maximum absolute atomic E-state index is 9.92. The number of hydrogen-bond donors (Lipinski definition) is 2. The van der Waals surface area contributed by atoms with E-state index >= 15 is 0 Å². The molecule has 0 aliphatic heterocycles. The number of phenols is 2. The van der Waals surface area contributed by atoms with Gasteiger partial charge in [0.2, 0.25) is 0 Å². The van der Waals surface area contributed by atoms with Crippen LogP contribution in [0.15, 0.2) is 42.5 Å². The van der Waals surface area contributed by atoms with E-state index in [9.17, 15) is 10.2 Å². The van der Waals surface area contributed by atoms with Crippen molar-refractivity contribution < 1.29 is 10.2 Å². The summed E-state index contributed by atoms with van der Waals surface area (Å²) < 4.78 is 0. The largest absolute Gasteiger partial charge is 0.508 e. The first-order chi connectivity index (χ1) is 13.5. The van der Waals surface area contributed by atoms with Crippen LogP contribution in [0.2, 0.25) is 0 Å². The van der Waals surface area contributed by atoms with Crippen LogP contribution in [0.3, 0.4) is 0 Å². The Morgan fingerprint density at radius 2 is 1.79 bits per heavy atom. The van der Waals surface area contributed by atoms with Crippen LogP contribution in [0.25, 0.3) is 0 Å². The molecule has 148 valence electrons. The molecule has 0 aromatic heterocycles. The fourth-order valence-electron chi connectivity index (χ4n) is 7.07. The van der Waals surface area contributed by atoms with E-state index in [1.807, 2.05) is 24.3 Å². The highest BCUT2D eigenvalue weighted by atomic mass is 16.3. The third-order valence-corrected chi connectivity index (χ3v) is 8.36. The summed E-state index contributed by atoms with van der Waals surface area (Å²) in [5.74, 6) is 2.94. The summed E-state index contributed by atoms with van der Waals surface area (Å²) in [6, 6.07) is 14.3. The molecule has 0 unspecified atom stereocenters. The second kappa shape index (κ2) is 6.43. The highest BCUT2D eigenvalue weighted by Crippen LogP contribution is 2.62. The third-order valence-electron chi connectivity index (χ3n) is 8.36. The van der Waals surface area contributed by atoms with Gasteiger partial charge in [-0.15, -0.1) is 0 Å². The van der Waals surface area contributed by atoms with E-state index < -0.39 is 0 Å². The summed E-state index contributed by atoms with van der Waals surface area (Å²) in [6.45, 7) is 2.52. The molecule has 2 aromatic rings. The zero-order valence-corrected chi connectivity index (χ0v) is 16.9. The fraction of sp³-hybridized carbons (Fsp3) is 0.520. The Morgan fingerprint density at radius 3 is 2.61 bits per heavy atom. The minimum Gasteiger partial charge on any atom is -0.508 e. The van der Waals surface area contributed by atoms with Gasteiger partial charge >= 0.3 is 0 Å². The predicted octanol–water partition coefficient (Wildman–Crippen LogP) is 5.46. The number of phenolic OH excluding ortho intramolecular Hbond substituents is 2. The molecule has 0 bridgehead atoms. The summed E-state index contributed by atoms with van der Waals surface area (Å²) in [5.41, 5.74) is 4.33. The van der Waals surface area contributed by atoms with Crippen LogP contribution in [0.1, 0.15) is 56.1 Å². The molecule has 5 rings (SSSR count). The lowest BCUT2D eigenvalue weighted by atomic mass is 9.55. The van der Waals surface area contributed by atoms with Crippen LogP contribution in [0.4, 0.5) is 5.69 Å². The number of nitrogens with zero attached hydrogens (tertiary/aromatic N) is 1. The Hall–Kier alpha value is -2.16. The van der Waals surface area contributed by atoms with Crippen LogP contribution >= 0.6 is 0 Å². The van der Waals surface area contributed by atoms with E-state index in [1.165, 1.54) is 43.2 Å². The molecular weight excluding hydrogens is 346 g/mol. The molecule has 2 fully saturated rings. The number of fused-ring (bicyclic) bond motifs is 5. The normalized spacial score (nSPS) is 33.6. The lowest BCUT2D eigenvalue weighted by Gasteiger charge is -2.52. The second-order valence-electron chi connectivity index (χ2n) is 9.57. The topological polar surface area (TPSA) is 43.7 Å². The quantitative estimate of drug-likeness (QED) is 0.730. The van der Waals surface area contributed by atoms with Gasteiger partial charge in [0.05, 0.1) is 0 Å². The average Bonchev–Trinajstić information content (AvgIpc) is 3.04. The summed E-state index contributed by atoms with van der Waals surface area (Å²) >= 11 is 0. The molecule has 5 atom stereocenters. The van der Waals surface area contributed by atoms with Crippen molar-refractivity contribution in [3.8, 4) is 11.5 Å². The van der Waals surface area contributed by atoms with Gasteiger partial charge in [0, 0.05) is 24.8 Å². The molecule has 0 saturated heterocycles. The van der Waals surface area contributed by atoms with Gasteiger partial charge in [0.25, 0.3) is 0 Å². The molecule has 3 aliphatic rings. The fourth-order valence-corrected chi connectivity index (χ4v) is 7.07. The number of hydrogen-bond acceptors (Lipinski definition) is 3. The minimum absolute atomic E-state index is 0.329. The maximum atomic E-state index is 9.92. The smallest absolute Gasteiger partial charge is 0.117 e. The van der Waals surface area contributed by atoms with E-state index in [4.69, 9.17) is 0 Å². The van der Waals surface area contributed by atoms with Gasteiger partial charge in [-0.3, -0.25) is 0 Å². The van der Waals surface area contributed by atoms with Crippen molar-refractivity contribution in [2.45, 2.75) is 57.4 Å². The van der Waals surface area contributed by atoms with Gasteiger partial charge in [-0.25, -0.2) is 0 Å². The second-order valence-corrected chi connectivity index (χ2v) is 9.57. The molecule has 3 heteroatoms. The van der Waals surface area contributed by atoms with E-state index in [-0.39, 0.29) is 0 Å². The van der Waals surface area contributed by atoms with Gasteiger partial charge in [-0.1, -0.05) is 19.1 Å². The maximum Gasteiger partial charge on any atom is 0.117 e. The third kappa shape index (κ3) is 2.62. The first-order valence-corrected chi connectivity index (χ1v) is 10.8. The standard InChI is InChI=1S/C25H31NO2/c1-25-13-12-21-20-9-7-19(28)14-16(20)6-8-22(21)23(25)10-11-24(25)26(2)17-4-3-5-18(27)15-17/h3-5,7,9,14-15,21-24,27-28H,6,8,10-13H2,1-2H3/t21-,22-,23+,24-,25-/m1/s1. The molecule has 3 aliphatic carbocycles. The molecular formula is C25H31NO2. The molecule has 2 N–H and O–H groups in total. The highest BCUT2D eigenvalue weighted by molar-refractivity contribution is 5.51. The number of aryl methyl sites for hydroxylation is 1. The Labute approximate surface area is 168 Å². The Kier molecular flexibility index (Phi) is 4.12. The lowest BCUT2D eigenvalue weighted by Crippen LogP contribution is -2.49. The first-order valence-electron chi connectivity index (χ1n) is 10.8. The van der Waals surface area contributed by atoms with Gasteiger partial charge in [0.1, 0.15) is 11.5 Å². The van der Waals surface area contributed by atoms with Gasteiger partial charge in [0.15, 0.2) is 0 Å². The van der Waals surface area contributed by atoms with Crippen LogP contribution < -0.4 is 4.90 Å². The highest BCUT2D eigenvalue weighted by Gasteiger charge is 2.55. The van der Waals surface area contributed by atoms with E-state index in [1.54, 1.807) is 6.07 Å². The Balaban J connectivity index is 1.43. The van der Waals surface area contributed by atoms with Crippen molar-refractivity contribution in [2.75, 3.05) is 11.9 Å². The summed E-state index contributed by atoms with van der Waals surface area (Å²) in [4.78, 5) is 2.43. The molecule has 3 nitrogen and oxygen atoms in total. The van der Waals surface area contributed by atoms with Crippen molar-refractivity contribution in [3.63, 3.8) is 0 Å². The number of rotatable bonds is 2. The van der Waals surface area contributed by atoms with E-state index in [0.717, 1.165) is 23.9 Å². The van der Waals surface area contributed by atoms with Gasteiger partial charge < -0.3 is 15.1 Å². The van der Waals surface area contributed by atoms with Crippen LogP contribution in [-0.2, 0) is 6.42 Å². The van der Waals surface area contributed by atoms with Crippen LogP contribution in [-0.4, -0.2) is 23.3 Å². The number of aromatic hydroxyl groups is 2. The molecule has 0 heterocycles. The molecule has 2 saturated carbocycles. The number of benzene rings is 2. The summed E-state index contributed by atoms with van der Waals surface area (Å²) in [7, 11) is 2.21. The van der Waals surface area contributed by atoms with Crippen molar-refractivity contribution in [2.24, 2.45) is 17.3 Å². The Bertz CT molecular complexity index is 894. The summed E-state index contributed by atoms with van der Waals surface area (Å²) in [5, 5.41) is 19.8. The van der Waals surface area contributed by atoms with Gasteiger partial charge in [-0.05, 0) is 97.1 Å². The lowest BCUT2D eigenvalue weighted by molar-refractivity contribution is 0.0486. The zero-order chi connectivity index (χ0) is 19.5. The Morgan fingerprint density at radius 1 is 0.964 bits per heavy atom. The molecule has 0 spiro atoms. The van der Waals surface area contributed by atoms with E-state index in [0.29, 0.717) is 28.9 Å². The first kappa shape index (κ1) is 17.9. The zero-order valence-electron chi connectivity index (χ0n) is 16.9. The SMILES string of the molecule is CN(c1cccc(O)c1)[C@@H]1CC[C@H]2[C@@H]3CCc4cc(O)ccc4[C@H]3CC[C@]21C. The molecule has 2 aromatic carbocycles. The molecule has 0 amide bonds. The molecule has 28 heavy (non-hydrogen) atoms. The number of anilines is 1. The summed E-state index contributed by atoms with van der Waals surface area (Å²) in [6.07, 6.45) is 7.40. The monoisotopic (exact) mass is 377 g/mol.